The van der Waals surface area contributed by atoms with Crippen molar-refractivity contribution in [2.24, 2.45) is 0 Å². The number of carbonyl (C=O) groups is 1. The Morgan fingerprint density at radius 3 is 2.41 bits per heavy atom. The van der Waals surface area contributed by atoms with Gasteiger partial charge in [-0.25, -0.2) is 0 Å². The van der Waals surface area contributed by atoms with E-state index in [0.29, 0.717) is 31.3 Å². The first-order valence-corrected chi connectivity index (χ1v) is 11.2. The van der Waals surface area contributed by atoms with Gasteiger partial charge in [-0.15, -0.1) is 0 Å². The molecule has 0 N–H and O–H groups in total. The number of hydrogen-bond donors (Lipinski definition) is 0. The minimum absolute atomic E-state index is 0.00966. The highest BCUT2D eigenvalue weighted by Gasteiger charge is 2.33. The lowest BCUT2D eigenvalue weighted by Crippen LogP contribution is -2.48. The summed E-state index contributed by atoms with van der Waals surface area (Å²) in [4.78, 5) is 18.7. The van der Waals surface area contributed by atoms with Crippen LogP contribution in [0.2, 0.25) is 0 Å². The van der Waals surface area contributed by atoms with Crippen LogP contribution in [-0.2, 0) is 6.61 Å². The number of carbonyl (C=O) groups excluding carboxylic acids is 1. The summed E-state index contributed by atoms with van der Waals surface area (Å²) < 4.78 is 11.6. The van der Waals surface area contributed by atoms with E-state index in [2.05, 4.69) is 35.3 Å². The van der Waals surface area contributed by atoms with E-state index >= 15 is 0 Å². The van der Waals surface area contributed by atoms with Crippen molar-refractivity contribution < 1.29 is 14.3 Å². The number of benzene rings is 2. The molecule has 0 unspecified atom stereocenters. The molecule has 0 bridgehead atoms. The van der Waals surface area contributed by atoms with E-state index in [-0.39, 0.29) is 5.91 Å². The molecule has 5 nitrogen and oxygen atoms in total. The molecular weight excluding hydrogens is 400 g/mol. The van der Waals surface area contributed by atoms with Gasteiger partial charge < -0.3 is 14.4 Å². The summed E-state index contributed by atoms with van der Waals surface area (Å²) in [5.74, 6) is 2.51. The van der Waals surface area contributed by atoms with Crippen molar-refractivity contribution in [3.05, 3.63) is 88.7 Å². The molecule has 32 heavy (non-hydrogen) atoms. The Morgan fingerprint density at radius 1 is 0.969 bits per heavy atom. The highest BCUT2D eigenvalue weighted by atomic mass is 16.5. The van der Waals surface area contributed by atoms with Crippen molar-refractivity contribution >= 4 is 5.91 Å². The summed E-state index contributed by atoms with van der Waals surface area (Å²) in [6, 6.07) is 18.5. The third-order valence-corrected chi connectivity index (χ3v) is 6.39. The van der Waals surface area contributed by atoms with Gasteiger partial charge in [0, 0.05) is 25.2 Å². The fourth-order valence-electron chi connectivity index (χ4n) is 4.19. The van der Waals surface area contributed by atoms with Crippen LogP contribution in [0.4, 0.5) is 0 Å². The van der Waals surface area contributed by atoms with Gasteiger partial charge in [0.25, 0.3) is 5.91 Å². The molecule has 0 spiro atoms. The second kappa shape index (κ2) is 8.65. The van der Waals surface area contributed by atoms with Crippen LogP contribution in [-0.4, -0.2) is 36.0 Å². The second-order valence-corrected chi connectivity index (χ2v) is 8.84. The van der Waals surface area contributed by atoms with Crippen molar-refractivity contribution in [2.75, 3.05) is 20.2 Å². The summed E-state index contributed by atoms with van der Waals surface area (Å²) in [6.45, 7) is 3.85. The van der Waals surface area contributed by atoms with Gasteiger partial charge in [0.05, 0.1) is 7.11 Å². The number of methoxy groups -OCH3 is 1. The van der Waals surface area contributed by atoms with E-state index in [1.807, 2.05) is 36.1 Å². The molecule has 164 valence electrons. The molecule has 1 aromatic heterocycles. The number of likely N-dealkylation sites (tertiary alicyclic amines) is 1. The first-order valence-electron chi connectivity index (χ1n) is 11.2. The van der Waals surface area contributed by atoms with Crippen molar-refractivity contribution in [1.82, 2.24) is 9.88 Å². The summed E-state index contributed by atoms with van der Waals surface area (Å²) in [7, 11) is 1.66. The summed E-state index contributed by atoms with van der Waals surface area (Å²) in [5.41, 5.74) is 5.29. The number of nitrogens with zero attached hydrogens (tertiary/aromatic N) is 2. The first kappa shape index (κ1) is 20.6. The van der Waals surface area contributed by atoms with Gasteiger partial charge in [0.1, 0.15) is 12.3 Å². The van der Waals surface area contributed by atoms with Gasteiger partial charge in [-0.3, -0.25) is 9.78 Å². The highest BCUT2D eigenvalue weighted by molar-refractivity contribution is 5.93. The molecule has 0 atom stereocenters. The first-order chi connectivity index (χ1) is 15.6. The number of aryl methyl sites for hydroxylation is 1. The molecule has 1 amide bonds. The SMILES string of the molecule is COc1cc(C2CN(C(=O)c3cc(C)ccn3)C2)ccc1OCc1ccc(C2CC2)cc1. The van der Waals surface area contributed by atoms with Gasteiger partial charge in [0.2, 0.25) is 0 Å². The smallest absolute Gasteiger partial charge is 0.272 e. The van der Waals surface area contributed by atoms with Gasteiger partial charge in [-0.05, 0) is 72.2 Å². The fourth-order valence-corrected chi connectivity index (χ4v) is 4.19. The predicted molar refractivity (Wildman–Crippen MR) is 123 cm³/mol. The quantitative estimate of drug-likeness (QED) is 0.526. The van der Waals surface area contributed by atoms with Gasteiger partial charge in [-0.1, -0.05) is 30.3 Å². The lowest BCUT2D eigenvalue weighted by Gasteiger charge is -2.39. The molecule has 2 heterocycles. The van der Waals surface area contributed by atoms with Crippen LogP contribution < -0.4 is 9.47 Å². The normalized spacial score (nSPS) is 15.9. The summed E-state index contributed by atoms with van der Waals surface area (Å²) in [6.07, 6.45) is 4.31. The zero-order valence-electron chi connectivity index (χ0n) is 18.6. The molecule has 1 aliphatic heterocycles. The summed E-state index contributed by atoms with van der Waals surface area (Å²) >= 11 is 0. The Hall–Kier alpha value is -3.34. The van der Waals surface area contributed by atoms with E-state index in [0.717, 1.165) is 34.1 Å². The largest absolute Gasteiger partial charge is 0.493 e. The minimum Gasteiger partial charge on any atom is -0.493 e. The van der Waals surface area contributed by atoms with Crippen molar-refractivity contribution in [2.45, 2.75) is 38.2 Å². The Bertz CT molecular complexity index is 1120. The molecule has 1 saturated heterocycles. The highest BCUT2D eigenvalue weighted by Crippen LogP contribution is 2.40. The number of hydrogen-bond acceptors (Lipinski definition) is 4. The molecule has 1 saturated carbocycles. The molecule has 5 rings (SSSR count). The van der Waals surface area contributed by atoms with Crippen LogP contribution in [0.5, 0.6) is 11.5 Å². The Balaban J connectivity index is 1.19. The van der Waals surface area contributed by atoms with Crippen LogP contribution in [0.25, 0.3) is 0 Å². The fraction of sp³-hybridized carbons (Fsp3) is 0.333. The molecule has 1 aliphatic carbocycles. The van der Waals surface area contributed by atoms with Crippen LogP contribution in [0.3, 0.4) is 0 Å². The lowest BCUT2D eigenvalue weighted by atomic mass is 9.91. The third-order valence-electron chi connectivity index (χ3n) is 6.39. The zero-order chi connectivity index (χ0) is 22.1. The van der Waals surface area contributed by atoms with E-state index in [4.69, 9.17) is 9.47 Å². The maximum absolute atomic E-state index is 12.6. The number of aromatic nitrogens is 1. The summed E-state index contributed by atoms with van der Waals surface area (Å²) in [5, 5.41) is 0. The molecule has 5 heteroatoms. The number of pyridine rings is 1. The predicted octanol–water partition coefficient (Wildman–Crippen LogP) is 5.09. The molecule has 0 radical (unpaired) electrons. The molecular formula is C27H28N2O3. The van der Waals surface area contributed by atoms with Crippen LogP contribution in [0.15, 0.2) is 60.8 Å². The van der Waals surface area contributed by atoms with E-state index < -0.39 is 0 Å². The molecule has 2 aromatic carbocycles. The maximum Gasteiger partial charge on any atom is 0.272 e. The number of ether oxygens (including phenoxy) is 2. The second-order valence-electron chi connectivity index (χ2n) is 8.84. The van der Waals surface area contributed by atoms with E-state index in [1.54, 1.807) is 13.3 Å². The van der Waals surface area contributed by atoms with E-state index in [1.165, 1.54) is 18.4 Å². The number of rotatable bonds is 7. The van der Waals surface area contributed by atoms with E-state index in [9.17, 15) is 4.79 Å². The third kappa shape index (κ3) is 4.33. The Morgan fingerprint density at radius 2 is 1.72 bits per heavy atom. The van der Waals surface area contributed by atoms with Crippen LogP contribution in [0.1, 0.15) is 57.4 Å². The average molecular weight is 429 g/mol. The maximum atomic E-state index is 12.6. The molecule has 2 fully saturated rings. The Kier molecular flexibility index (Phi) is 5.56. The van der Waals surface area contributed by atoms with Gasteiger partial charge in [-0.2, -0.15) is 0 Å². The minimum atomic E-state index is -0.00966. The molecule has 3 aromatic rings. The van der Waals surface area contributed by atoms with Gasteiger partial charge >= 0.3 is 0 Å². The average Bonchev–Trinajstić information content (AvgIpc) is 3.63. The van der Waals surface area contributed by atoms with Crippen LogP contribution >= 0.6 is 0 Å². The van der Waals surface area contributed by atoms with Crippen molar-refractivity contribution in [1.29, 1.82) is 0 Å². The van der Waals surface area contributed by atoms with Crippen molar-refractivity contribution in [3.8, 4) is 11.5 Å². The standard InChI is InChI=1S/C27H28N2O3/c1-18-11-12-28-24(13-18)27(30)29-15-23(16-29)22-9-10-25(26(14-22)31-2)32-17-19-3-5-20(6-4-19)21-7-8-21/h3-6,9-14,21,23H,7-8,15-17H2,1-2H3. The lowest BCUT2D eigenvalue weighted by molar-refractivity contribution is 0.0596. The van der Waals surface area contributed by atoms with Crippen molar-refractivity contribution in [3.63, 3.8) is 0 Å². The Labute approximate surface area is 189 Å². The topological polar surface area (TPSA) is 51.7 Å². The number of amides is 1. The van der Waals surface area contributed by atoms with Crippen LogP contribution in [0, 0.1) is 6.92 Å². The molecule has 2 aliphatic rings. The van der Waals surface area contributed by atoms with Gasteiger partial charge in [0.15, 0.2) is 11.5 Å². The monoisotopic (exact) mass is 428 g/mol. The zero-order valence-corrected chi connectivity index (χ0v) is 18.6.